The monoisotopic (exact) mass is 163 g/mol. The van der Waals surface area contributed by atoms with Gasteiger partial charge in [-0.05, 0) is 0 Å². The number of nitrogens with zero attached hydrogens (tertiary/aromatic N) is 1. The van der Waals surface area contributed by atoms with Gasteiger partial charge in [-0.3, -0.25) is 0 Å². The standard InChI is InChI=1S/C6H10NS.ClH/c1-5-4-8-6(2)7(5)3;/h4H,1-3H3;1H/q+1;/p-1. The molecule has 0 amide bonds. The Bertz CT molecular complexity index is 175. The van der Waals surface area contributed by atoms with Crippen molar-refractivity contribution in [3.05, 3.63) is 16.1 Å². The average Bonchev–Trinajstić information content (AvgIpc) is 1.98. The lowest BCUT2D eigenvalue weighted by atomic mass is 10.5. The highest BCUT2D eigenvalue weighted by Crippen LogP contribution is 2.02. The van der Waals surface area contributed by atoms with Crippen LogP contribution < -0.4 is 17.0 Å². The number of halogens is 1. The van der Waals surface area contributed by atoms with E-state index < -0.39 is 0 Å². The van der Waals surface area contributed by atoms with Crippen LogP contribution in [0.3, 0.4) is 0 Å². The van der Waals surface area contributed by atoms with E-state index in [1.807, 2.05) is 0 Å². The first-order valence-electron chi connectivity index (χ1n) is 2.62. The number of aryl methyl sites for hydroxylation is 2. The van der Waals surface area contributed by atoms with Crippen molar-refractivity contribution >= 4 is 11.3 Å². The molecule has 3 heteroatoms. The van der Waals surface area contributed by atoms with E-state index in [1.54, 1.807) is 11.3 Å². The molecule has 1 heterocycles. The molecule has 0 atom stereocenters. The molecule has 1 aromatic heterocycles. The van der Waals surface area contributed by atoms with Gasteiger partial charge in [0.2, 0.25) is 5.01 Å². The maximum Gasteiger partial charge on any atom is 0.234 e. The average molecular weight is 164 g/mol. The number of hydrogen-bond acceptors (Lipinski definition) is 1. The molecule has 1 rings (SSSR count). The Morgan fingerprint density at radius 3 is 2.11 bits per heavy atom. The highest BCUT2D eigenvalue weighted by molar-refractivity contribution is 7.09. The zero-order chi connectivity index (χ0) is 6.15. The summed E-state index contributed by atoms with van der Waals surface area (Å²) in [5, 5.41) is 3.53. The minimum absolute atomic E-state index is 0. The van der Waals surface area contributed by atoms with Crippen LogP contribution in [0, 0.1) is 13.8 Å². The Labute approximate surface area is 65.7 Å². The van der Waals surface area contributed by atoms with Gasteiger partial charge in [-0.25, -0.2) is 0 Å². The van der Waals surface area contributed by atoms with Gasteiger partial charge in [0, 0.05) is 13.8 Å². The molecular formula is C6H10ClNS. The van der Waals surface area contributed by atoms with Gasteiger partial charge in [-0.15, -0.1) is 0 Å². The molecular weight excluding hydrogens is 154 g/mol. The van der Waals surface area contributed by atoms with Crippen LogP contribution in [0.2, 0.25) is 0 Å². The fourth-order valence-corrected chi connectivity index (χ4v) is 1.38. The number of aromatic nitrogens is 1. The maximum atomic E-state index is 2.19. The Morgan fingerprint density at radius 1 is 1.44 bits per heavy atom. The van der Waals surface area contributed by atoms with Gasteiger partial charge in [0.25, 0.3) is 0 Å². The van der Waals surface area contributed by atoms with Gasteiger partial charge >= 0.3 is 0 Å². The van der Waals surface area contributed by atoms with Crippen molar-refractivity contribution in [3.63, 3.8) is 0 Å². The van der Waals surface area contributed by atoms with Crippen LogP contribution >= 0.6 is 11.3 Å². The van der Waals surface area contributed by atoms with Crippen molar-refractivity contribution in [3.8, 4) is 0 Å². The van der Waals surface area contributed by atoms with E-state index in [-0.39, 0.29) is 12.4 Å². The van der Waals surface area contributed by atoms with Gasteiger partial charge in [-0.1, -0.05) is 11.3 Å². The highest BCUT2D eigenvalue weighted by Gasteiger charge is 2.04. The quantitative estimate of drug-likeness (QED) is 0.398. The van der Waals surface area contributed by atoms with E-state index in [4.69, 9.17) is 0 Å². The molecule has 52 valence electrons. The minimum Gasteiger partial charge on any atom is -1.00 e. The third kappa shape index (κ3) is 1.66. The molecule has 0 saturated carbocycles. The van der Waals surface area contributed by atoms with Crippen LogP contribution in [-0.2, 0) is 7.05 Å². The summed E-state index contributed by atoms with van der Waals surface area (Å²) in [6, 6.07) is 0. The summed E-state index contributed by atoms with van der Waals surface area (Å²) >= 11 is 1.79. The summed E-state index contributed by atoms with van der Waals surface area (Å²) in [5.41, 5.74) is 1.34. The molecule has 1 nitrogen and oxygen atoms in total. The van der Waals surface area contributed by atoms with Crippen molar-refractivity contribution in [2.75, 3.05) is 0 Å². The molecule has 0 N–H and O–H groups in total. The summed E-state index contributed by atoms with van der Waals surface area (Å²) in [6.45, 7) is 4.24. The van der Waals surface area contributed by atoms with Gasteiger partial charge in [0.15, 0.2) is 5.69 Å². The van der Waals surface area contributed by atoms with Gasteiger partial charge in [-0.2, -0.15) is 4.57 Å². The SMILES string of the molecule is Cc1csc(C)[n+]1C.[Cl-]. The molecule has 0 fully saturated rings. The second kappa shape index (κ2) is 3.18. The Hall–Kier alpha value is -0.0800. The van der Waals surface area contributed by atoms with E-state index in [9.17, 15) is 0 Å². The molecule has 0 unspecified atom stereocenters. The fraction of sp³-hybridized carbons (Fsp3) is 0.500. The Morgan fingerprint density at radius 2 is 2.00 bits per heavy atom. The van der Waals surface area contributed by atoms with E-state index in [0.29, 0.717) is 0 Å². The topological polar surface area (TPSA) is 3.88 Å². The van der Waals surface area contributed by atoms with Crippen molar-refractivity contribution in [2.24, 2.45) is 7.05 Å². The number of rotatable bonds is 0. The third-order valence-electron chi connectivity index (χ3n) is 1.40. The van der Waals surface area contributed by atoms with Crippen LogP contribution in [0.25, 0.3) is 0 Å². The zero-order valence-electron chi connectivity index (χ0n) is 5.81. The lowest BCUT2D eigenvalue weighted by Crippen LogP contribution is -3.00. The van der Waals surface area contributed by atoms with E-state index in [0.717, 1.165) is 0 Å². The number of hydrogen-bond donors (Lipinski definition) is 0. The predicted octanol–water partition coefficient (Wildman–Crippen LogP) is -1.81. The highest BCUT2D eigenvalue weighted by atomic mass is 35.5. The molecule has 0 saturated heterocycles. The van der Waals surface area contributed by atoms with Crippen molar-refractivity contribution in [1.29, 1.82) is 0 Å². The molecule has 0 aliphatic carbocycles. The second-order valence-corrected chi connectivity index (χ2v) is 3.02. The summed E-state index contributed by atoms with van der Waals surface area (Å²) in [6.07, 6.45) is 0. The van der Waals surface area contributed by atoms with E-state index in [1.165, 1.54) is 10.7 Å². The van der Waals surface area contributed by atoms with E-state index >= 15 is 0 Å². The lowest BCUT2D eigenvalue weighted by Gasteiger charge is -1.80. The molecule has 0 radical (unpaired) electrons. The molecule has 0 aliphatic rings. The summed E-state index contributed by atoms with van der Waals surface area (Å²) < 4.78 is 2.19. The normalized spacial score (nSPS) is 8.78. The predicted molar refractivity (Wildman–Crippen MR) is 35.0 cm³/mol. The number of thiazole rings is 1. The molecule has 0 bridgehead atoms. The minimum atomic E-state index is 0. The van der Waals surface area contributed by atoms with Crippen LogP contribution in [0.4, 0.5) is 0 Å². The van der Waals surface area contributed by atoms with Crippen LogP contribution in [0.5, 0.6) is 0 Å². The van der Waals surface area contributed by atoms with Crippen molar-refractivity contribution < 1.29 is 17.0 Å². The van der Waals surface area contributed by atoms with Gasteiger partial charge in [0.1, 0.15) is 7.05 Å². The first-order chi connectivity index (χ1) is 3.72. The summed E-state index contributed by atoms with van der Waals surface area (Å²) in [7, 11) is 2.08. The maximum absolute atomic E-state index is 2.19. The third-order valence-corrected chi connectivity index (χ3v) is 2.48. The van der Waals surface area contributed by atoms with Crippen LogP contribution in [0.15, 0.2) is 5.38 Å². The Kier molecular flexibility index (Phi) is 3.15. The zero-order valence-corrected chi connectivity index (χ0v) is 7.38. The van der Waals surface area contributed by atoms with Gasteiger partial charge in [0.05, 0.1) is 5.38 Å². The van der Waals surface area contributed by atoms with Crippen molar-refractivity contribution in [1.82, 2.24) is 0 Å². The van der Waals surface area contributed by atoms with Crippen molar-refractivity contribution in [2.45, 2.75) is 13.8 Å². The van der Waals surface area contributed by atoms with E-state index in [2.05, 4.69) is 30.8 Å². The summed E-state index contributed by atoms with van der Waals surface area (Å²) in [4.78, 5) is 0. The molecule has 0 spiro atoms. The largest absolute Gasteiger partial charge is 1.00 e. The Balaban J connectivity index is 0.000000640. The molecule has 1 aromatic rings. The first-order valence-corrected chi connectivity index (χ1v) is 3.50. The smallest absolute Gasteiger partial charge is 0.234 e. The fourth-order valence-electron chi connectivity index (χ4n) is 0.577. The summed E-state index contributed by atoms with van der Waals surface area (Å²) in [5.74, 6) is 0. The van der Waals surface area contributed by atoms with Crippen LogP contribution in [0.1, 0.15) is 10.7 Å². The molecule has 0 aromatic carbocycles. The second-order valence-electron chi connectivity index (χ2n) is 1.96. The first kappa shape index (κ1) is 8.92. The molecule has 9 heavy (non-hydrogen) atoms. The van der Waals surface area contributed by atoms with Gasteiger partial charge < -0.3 is 12.4 Å². The van der Waals surface area contributed by atoms with Crippen LogP contribution in [-0.4, -0.2) is 0 Å². The molecule has 0 aliphatic heterocycles. The lowest BCUT2D eigenvalue weighted by molar-refractivity contribution is -0.678.